The Kier molecular flexibility index (Phi) is 4.71. The van der Waals surface area contributed by atoms with Crippen molar-refractivity contribution in [3.63, 3.8) is 0 Å². The Hall–Kier alpha value is -1.41. The van der Waals surface area contributed by atoms with Gasteiger partial charge in [0.2, 0.25) is 0 Å². The van der Waals surface area contributed by atoms with Crippen molar-refractivity contribution < 1.29 is 0 Å². The lowest BCUT2D eigenvalue weighted by Crippen LogP contribution is -2.25. The smallest absolute Gasteiger partial charge is 0.0746 e. The minimum absolute atomic E-state index is 0.573. The molecule has 0 radical (unpaired) electrons. The van der Waals surface area contributed by atoms with E-state index in [0.717, 1.165) is 12.1 Å². The summed E-state index contributed by atoms with van der Waals surface area (Å²) < 4.78 is 0. The second-order valence-corrected chi connectivity index (χ2v) is 4.92. The molecule has 0 saturated carbocycles. The molecule has 0 fully saturated rings. The zero-order valence-electron chi connectivity index (χ0n) is 11.3. The summed E-state index contributed by atoms with van der Waals surface area (Å²) in [6, 6.07) is 11.1. The number of unbranched alkanes of at least 4 members (excludes halogenated alkanes) is 1. The summed E-state index contributed by atoms with van der Waals surface area (Å²) in [6.45, 7) is 5.40. The summed E-state index contributed by atoms with van der Waals surface area (Å²) in [5.74, 6) is 0. The third-order valence-electron chi connectivity index (χ3n) is 3.35. The molecular formula is C16H22N2. The van der Waals surface area contributed by atoms with Gasteiger partial charge in [-0.05, 0) is 25.0 Å². The number of hydrogen-bond acceptors (Lipinski definition) is 2. The van der Waals surface area contributed by atoms with Crippen molar-refractivity contribution in [2.75, 3.05) is 0 Å². The van der Waals surface area contributed by atoms with Crippen LogP contribution in [0.5, 0.6) is 0 Å². The highest BCUT2D eigenvalue weighted by molar-refractivity contribution is 5.81. The van der Waals surface area contributed by atoms with Crippen molar-refractivity contribution in [3.8, 4) is 0 Å². The quantitative estimate of drug-likeness (QED) is 0.831. The lowest BCUT2D eigenvalue weighted by molar-refractivity contribution is 0.495. The molecule has 1 heterocycles. The van der Waals surface area contributed by atoms with Gasteiger partial charge in [0.05, 0.1) is 5.52 Å². The van der Waals surface area contributed by atoms with E-state index in [0.29, 0.717) is 6.04 Å². The number of hydrogen-bond donors (Lipinski definition) is 1. The number of fused-ring (bicyclic) bond motifs is 1. The fourth-order valence-electron chi connectivity index (χ4n) is 2.21. The van der Waals surface area contributed by atoms with Crippen molar-refractivity contribution in [1.29, 1.82) is 0 Å². The minimum Gasteiger partial charge on any atom is -0.310 e. The van der Waals surface area contributed by atoms with E-state index >= 15 is 0 Å². The molecule has 1 atom stereocenters. The van der Waals surface area contributed by atoms with Crippen LogP contribution < -0.4 is 5.32 Å². The van der Waals surface area contributed by atoms with Crippen LogP contribution in [0.4, 0.5) is 0 Å². The van der Waals surface area contributed by atoms with Gasteiger partial charge in [0.1, 0.15) is 0 Å². The fourth-order valence-corrected chi connectivity index (χ4v) is 2.21. The van der Waals surface area contributed by atoms with E-state index in [4.69, 9.17) is 0 Å². The van der Waals surface area contributed by atoms with Gasteiger partial charge in [-0.25, -0.2) is 0 Å². The highest BCUT2D eigenvalue weighted by atomic mass is 14.9. The summed E-state index contributed by atoms with van der Waals surface area (Å²) in [7, 11) is 0. The van der Waals surface area contributed by atoms with Crippen molar-refractivity contribution in [1.82, 2.24) is 10.3 Å². The van der Waals surface area contributed by atoms with Gasteiger partial charge in [0.15, 0.2) is 0 Å². The van der Waals surface area contributed by atoms with E-state index in [2.05, 4.69) is 48.4 Å². The number of pyridine rings is 1. The molecule has 1 aromatic heterocycles. The van der Waals surface area contributed by atoms with Gasteiger partial charge in [-0.3, -0.25) is 4.98 Å². The van der Waals surface area contributed by atoms with Crippen LogP contribution in [0.3, 0.4) is 0 Å². The van der Waals surface area contributed by atoms with Gasteiger partial charge in [0.25, 0.3) is 0 Å². The summed E-state index contributed by atoms with van der Waals surface area (Å²) in [4.78, 5) is 4.48. The summed E-state index contributed by atoms with van der Waals surface area (Å²) >= 11 is 0. The van der Waals surface area contributed by atoms with Gasteiger partial charge >= 0.3 is 0 Å². The SMILES string of the molecule is CCCCC(C)NCc1cccc2cccnc12. The third-order valence-corrected chi connectivity index (χ3v) is 3.35. The largest absolute Gasteiger partial charge is 0.310 e. The molecule has 0 bridgehead atoms. The molecule has 0 aliphatic rings. The molecule has 2 heteroatoms. The Morgan fingerprint density at radius 2 is 2.06 bits per heavy atom. The molecular weight excluding hydrogens is 220 g/mol. The zero-order chi connectivity index (χ0) is 12.8. The summed E-state index contributed by atoms with van der Waals surface area (Å²) in [5, 5.41) is 4.81. The number of nitrogens with one attached hydrogen (secondary N) is 1. The van der Waals surface area contributed by atoms with Crippen molar-refractivity contribution in [3.05, 3.63) is 42.1 Å². The first-order valence-corrected chi connectivity index (χ1v) is 6.87. The van der Waals surface area contributed by atoms with Gasteiger partial charge < -0.3 is 5.32 Å². The molecule has 0 amide bonds. The topological polar surface area (TPSA) is 24.9 Å². The first-order valence-electron chi connectivity index (χ1n) is 6.87. The zero-order valence-corrected chi connectivity index (χ0v) is 11.3. The normalized spacial score (nSPS) is 12.8. The van der Waals surface area contributed by atoms with Crippen molar-refractivity contribution >= 4 is 10.9 Å². The molecule has 0 aliphatic heterocycles. The lowest BCUT2D eigenvalue weighted by atomic mass is 10.1. The molecule has 2 rings (SSSR count). The average molecular weight is 242 g/mol. The highest BCUT2D eigenvalue weighted by Crippen LogP contribution is 2.16. The van der Waals surface area contributed by atoms with Crippen molar-refractivity contribution in [2.24, 2.45) is 0 Å². The van der Waals surface area contributed by atoms with Gasteiger partial charge in [-0.15, -0.1) is 0 Å². The van der Waals surface area contributed by atoms with Crippen LogP contribution in [0.2, 0.25) is 0 Å². The van der Waals surface area contributed by atoms with E-state index in [1.54, 1.807) is 0 Å². The maximum absolute atomic E-state index is 4.48. The van der Waals surface area contributed by atoms with Crippen molar-refractivity contribution in [2.45, 2.75) is 45.7 Å². The number of aromatic nitrogens is 1. The van der Waals surface area contributed by atoms with E-state index in [1.165, 1.54) is 30.2 Å². The average Bonchev–Trinajstić information content (AvgIpc) is 2.42. The predicted octanol–water partition coefficient (Wildman–Crippen LogP) is 3.90. The predicted molar refractivity (Wildman–Crippen MR) is 77.6 cm³/mol. The molecule has 1 unspecified atom stereocenters. The number of rotatable bonds is 6. The summed E-state index contributed by atoms with van der Waals surface area (Å²) in [5.41, 5.74) is 2.41. The second kappa shape index (κ2) is 6.50. The Labute approximate surface area is 109 Å². The highest BCUT2D eigenvalue weighted by Gasteiger charge is 2.04. The van der Waals surface area contributed by atoms with E-state index < -0.39 is 0 Å². The van der Waals surface area contributed by atoms with E-state index in [-0.39, 0.29) is 0 Å². The molecule has 18 heavy (non-hydrogen) atoms. The maximum Gasteiger partial charge on any atom is 0.0746 e. The molecule has 1 aromatic carbocycles. The van der Waals surface area contributed by atoms with Crippen LogP contribution >= 0.6 is 0 Å². The molecule has 0 saturated heterocycles. The van der Waals surface area contributed by atoms with Gasteiger partial charge in [0, 0.05) is 24.2 Å². The molecule has 2 aromatic rings. The number of nitrogens with zero attached hydrogens (tertiary/aromatic N) is 1. The molecule has 1 N–H and O–H groups in total. The second-order valence-electron chi connectivity index (χ2n) is 4.92. The van der Waals surface area contributed by atoms with E-state index in [9.17, 15) is 0 Å². The first-order chi connectivity index (χ1) is 8.81. The summed E-state index contributed by atoms with van der Waals surface area (Å²) in [6.07, 6.45) is 5.67. The van der Waals surface area contributed by atoms with Crippen LogP contribution in [-0.4, -0.2) is 11.0 Å². The first kappa shape index (κ1) is 13.0. The molecule has 2 nitrogen and oxygen atoms in total. The maximum atomic E-state index is 4.48. The molecule has 0 aliphatic carbocycles. The van der Waals surface area contributed by atoms with Crippen LogP contribution in [0.1, 0.15) is 38.7 Å². The van der Waals surface area contributed by atoms with Crippen LogP contribution in [0.15, 0.2) is 36.5 Å². The monoisotopic (exact) mass is 242 g/mol. The Morgan fingerprint density at radius 1 is 1.22 bits per heavy atom. The van der Waals surface area contributed by atoms with Gasteiger partial charge in [-0.2, -0.15) is 0 Å². The Balaban J connectivity index is 2.03. The van der Waals surface area contributed by atoms with Crippen LogP contribution in [0.25, 0.3) is 10.9 Å². The van der Waals surface area contributed by atoms with Crippen LogP contribution in [-0.2, 0) is 6.54 Å². The number of benzene rings is 1. The molecule has 96 valence electrons. The molecule has 0 spiro atoms. The lowest BCUT2D eigenvalue weighted by Gasteiger charge is -2.14. The van der Waals surface area contributed by atoms with Gasteiger partial charge in [-0.1, -0.05) is 44.0 Å². The Morgan fingerprint density at radius 3 is 2.89 bits per heavy atom. The standard InChI is InChI=1S/C16H22N2/c1-3-4-7-13(2)18-12-15-9-5-8-14-10-6-11-17-16(14)15/h5-6,8-11,13,18H,3-4,7,12H2,1-2H3. The van der Waals surface area contributed by atoms with Crippen LogP contribution in [0, 0.1) is 0 Å². The fraction of sp³-hybridized carbons (Fsp3) is 0.438. The number of para-hydroxylation sites is 1. The Bertz CT molecular complexity index is 488. The third kappa shape index (κ3) is 3.30. The minimum atomic E-state index is 0.573. The van der Waals surface area contributed by atoms with E-state index in [1.807, 2.05) is 12.3 Å².